The monoisotopic (exact) mass is 888 g/mol. The van der Waals surface area contributed by atoms with Crippen molar-refractivity contribution in [3.8, 4) is 0 Å². The molecule has 0 heterocycles. The first-order chi connectivity index (χ1) is 30.6. The molecule has 9 nitrogen and oxygen atoms in total. The van der Waals surface area contributed by atoms with Gasteiger partial charge in [0.2, 0.25) is 0 Å². The topological polar surface area (TPSA) is 111 Å². The Morgan fingerprint density at radius 1 is 0.492 bits per heavy atom. The Bertz CT molecular complexity index is 1170. The predicted octanol–water partition coefficient (Wildman–Crippen LogP) is 13.0. The minimum absolute atomic E-state index is 0.149. The van der Waals surface area contributed by atoms with Crippen LogP contribution in [-0.2, 0) is 33.3 Å². The van der Waals surface area contributed by atoms with Crippen molar-refractivity contribution < 1.29 is 42.9 Å². The zero-order valence-electron chi connectivity index (χ0n) is 41.4. The van der Waals surface area contributed by atoms with Gasteiger partial charge in [-0.1, -0.05) is 204 Å². The highest BCUT2D eigenvalue weighted by Gasteiger charge is 2.22. The molecule has 0 N–H and O–H groups in total. The van der Waals surface area contributed by atoms with Gasteiger partial charge in [0, 0.05) is 12.8 Å². The summed E-state index contributed by atoms with van der Waals surface area (Å²) in [7, 11) is 5.90. The third-order valence-corrected chi connectivity index (χ3v) is 11.1. The first kappa shape index (κ1) is 60.2. The van der Waals surface area contributed by atoms with E-state index >= 15 is 0 Å². The smallest absolute Gasteiger partial charge is 0.306 e. The van der Waals surface area contributed by atoms with Crippen LogP contribution in [-0.4, -0.2) is 82.3 Å². The lowest BCUT2D eigenvalue weighted by Gasteiger charge is -2.26. The molecule has 0 bridgehead atoms. The van der Waals surface area contributed by atoms with Crippen molar-refractivity contribution in [1.82, 2.24) is 0 Å². The number of allylic oxidation sites excluding steroid dienone is 8. The second-order valence-electron chi connectivity index (χ2n) is 18.4. The molecule has 0 rings (SSSR count). The van der Waals surface area contributed by atoms with Gasteiger partial charge in [-0.25, -0.2) is 0 Å². The lowest BCUT2D eigenvalue weighted by atomic mass is 10.0. The number of hydrogen-bond donors (Lipinski definition) is 0. The maximum Gasteiger partial charge on any atom is 0.306 e. The van der Waals surface area contributed by atoms with Crippen LogP contribution < -0.4 is 5.11 Å². The number of rotatable bonds is 47. The van der Waals surface area contributed by atoms with Crippen LogP contribution in [0.1, 0.15) is 219 Å². The average Bonchev–Trinajstić information content (AvgIpc) is 3.24. The number of ether oxygens (including phenoxy) is 4. The van der Waals surface area contributed by atoms with Crippen molar-refractivity contribution in [3.05, 3.63) is 48.6 Å². The molecule has 0 aliphatic rings. The number of carbonyl (C=O) groups excluding carboxylic acids is 3. The molecule has 366 valence electrons. The minimum atomic E-state index is -1.61. The van der Waals surface area contributed by atoms with Crippen molar-refractivity contribution in [2.24, 2.45) is 0 Å². The van der Waals surface area contributed by atoms with Crippen LogP contribution >= 0.6 is 0 Å². The number of quaternary nitrogens is 1. The maximum absolute atomic E-state index is 12.7. The van der Waals surface area contributed by atoms with Crippen LogP contribution in [0.2, 0.25) is 0 Å². The number of esters is 2. The van der Waals surface area contributed by atoms with Crippen molar-refractivity contribution in [2.75, 3.05) is 47.5 Å². The largest absolute Gasteiger partial charge is 0.545 e. The average molecular weight is 888 g/mol. The van der Waals surface area contributed by atoms with E-state index in [2.05, 4.69) is 62.5 Å². The Hall–Kier alpha value is -2.75. The molecule has 2 unspecified atom stereocenters. The number of unbranched alkanes of at least 4 members (excludes halogenated alkanes) is 24. The Balaban J connectivity index is 3.90. The molecule has 0 amide bonds. The fraction of sp³-hybridized carbons (Fsp3) is 0.796. The molecule has 9 heteroatoms. The molecule has 0 radical (unpaired) electrons. The van der Waals surface area contributed by atoms with Crippen LogP contribution in [0.4, 0.5) is 0 Å². The molecule has 2 atom stereocenters. The zero-order chi connectivity index (χ0) is 46.3. The number of nitrogens with zero attached hydrogens (tertiary/aromatic N) is 1. The fourth-order valence-corrected chi connectivity index (χ4v) is 7.12. The summed E-state index contributed by atoms with van der Waals surface area (Å²) in [5.74, 6) is -2.29. The van der Waals surface area contributed by atoms with Crippen LogP contribution in [0.3, 0.4) is 0 Å². The second kappa shape index (κ2) is 45.8. The van der Waals surface area contributed by atoms with Gasteiger partial charge in [-0.3, -0.25) is 9.59 Å². The van der Waals surface area contributed by atoms with E-state index in [4.69, 9.17) is 18.9 Å². The third kappa shape index (κ3) is 47.0. The summed E-state index contributed by atoms with van der Waals surface area (Å²) in [6.45, 7) is 4.54. The summed E-state index contributed by atoms with van der Waals surface area (Å²) in [5, 5.41) is 11.6. The van der Waals surface area contributed by atoms with Gasteiger partial charge in [-0.15, -0.1) is 0 Å². The number of aliphatic carboxylic acids is 1. The lowest BCUT2D eigenvalue weighted by Crippen LogP contribution is -2.44. The van der Waals surface area contributed by atoms with Crippen molar-refractivity contribution in [1.29, 1.82) is 0 Å². The van der Waals surface area contributed by atoms with E-state index in [1.54, 1.807) is 0 Å². The van der Waals surface area contributed by atoms with Gasteiger partial charge >= 0.3 is 11.9 Å². The highest BCUT2D eigenvalue weighted by molar-refractivity contribution is 5.70. The van der Waals surface area contributed by atoms with Gasteiger partial charge in [-0.05, 0) is 51.4 Å². The van der Waals surface area contributed by atoms with Gasteiger partial charge in [0.1, 0.15) is 13.2 Å². The summed E-state index contributed by atoms with van der Waals surface area (Å²) >= 11 is 0. The maximum atomic E-state index is 12.7. The lowest BCUT2D eigenvalue weighted by molar-refractivity contribution is -0.870. The Labute approximate surface area is 387 Å². The summed E-state index contributed by atoms with van der Waals surface area (Å²) in [4.78, 5) is 36.7. The van der Waals surface area contributed by atoms with Crippen LogP contribution in [0, 0.1) is 0 Å². The van der Waals surface area contributed by atoms with Gasteiger partial charge in [0.15, 0.2) is 12.4 Å². The highest BCUT2D eigenvalue weighted by Crippen LogP contribution is 2.16. The molecule has 0 aromatic heterocycles. The predicted molar refractivity (Wildman–Crippen MR) is 260 cm³/mol. The standard InChI is InChI=1S/C54H97NO8/c1-6-8-10-12-13-14-15-16-17-18-19-20-21-22-23-24-25-26-27-28-29-30-31-32-33-34-35-36-37-38-39-41-43-45-52(57)63-50(48-61-51(56)44-42-40-11-9-7-2)49-62-54(53(58)59)60-47-46-55(3,4)5/h8,10,13-14,16-17,19-20,50,54H,6-7,9,11-12,15,18,21-49H2,1-5H3/b10-8-,14-13-,17-16-,20-19-. The van der Waals surface area contributed by atoms with Crippen molar-refractivity contribution in [3.63, 3.8) is 0 Å². The van der Waals surface area contributed by atoms with Crippen LogP contribution in [0.15, 0.2) is 48.6 Å². The number of carboxylic acids is 1. The molecule has 63 heavy (non-hydrogen) atoms. The van der Waals surface area contributed by atoms with E-state index in [1.165, 1.54) is 116 Å². The normalized spacial score (nSPS) is 13.2. The van der Waals surface area contributed by atoms with E-state index in [-0.39, 0.29) is 38.6 Å². The van der Waals surface area contributed by atoms with Crippen LogP contribution in [0.25, 0.3) is 0 Å². The summed E-state index contributed by atoms with van der Waals surface area (Å²) in [6.07, 6.45) is 52.3. The van der Waals surface area contributed by atoms with Crippen molar-refractivity contribution >= 4 is 17.9 Å². The van der Waals surface area contributed by atoms with Gasteiger partial charge in [0.05, 0.1) is 40.3 Å². The molecule has 0 aliphatic carbocycles. The molecule has 0 aromatic rings. The fourth-order valence-electron chi connectivity index (χ4n) is 7.12. The number of likely N-dealkylation sites (N-methyl/N-ethyl adjacent to an activating group) is 1. The minimum Gasteiger partial charge on any atom is -0.545 e. The summed E-state index contributed by atoms with van der Waals surface area (Å²) < 4.78 is 22.4. The van der Waals surface area contributed by atoms with Crippen molar-refractivity contribution in [2.45, 2.75) is 232 Å². The Morgan fingerprint density at radius 2 is 0.905 bits per heavy atom. The van der Waals surface area contributed by atoms with E-state index in [9.17, 15) is 19.5 Å². The van der Waals surface area contributed by atoms with Crippen LogP contribution in [0.5, 0.6) is 0 Å². The van der Waals surface area contributed by atoms with Gasteiger partial charge in [0.25, 0.3) is 0 Å². The van der Waals surface area contributed by atoms with Gasteiger partial charge in [-0.2, -0.15) is 0 Å². The highest BCUT2D eigenvalue weighted by atomic mass is 16.7. The Morgan fingerprint density at radius 3 is 1.35 bits per heavy atom. The molecule has 0 aromatic carbocycles. The molecular weight excluding hydrogens is 791 g/mol. The summed E-state index contributed by atoms with van der Waals surface area (Å²) in [6, 6.07) is 0. The zero-order valence-corrected chi connectivity index (χ0v) is 41.4. The van der Waals surface area contributed by atoms with E-state index in [1.807, 2.05) is 21.1 Å². The first-order valence-corrected chi connectivity index (χ1v) is 25.8. The van der Waals surface area contributed by atoms with Gasteiger partial charge < -0.3 is 33.3 Å². The molecule has 0 saturated heterocycles. The molecule has 0 fully saturated rings. The van der Waals surface area contributed by atoms with E-state index < -0.39 is 24.3 Å². The SMILES string of the molecule is CC/C=C\C/C=C\C/C=C\C/C=C\CCCCCCCCCCCCCCCCCCCCCCC(=O)OC(COC(=O)CCCCCCC)COC(OCC[N+](C)(C)C)C(=O)[O-]. The van der Waals surface area contributed by atoms with E-state index in [0.717, 1.165) is 70.6 Å². The van der Waals surface area contributed by atoms with E-state index in [0.29, 0.717) is 17.4 Å². The summed E-state index contributed by atoms with van der Waals surface area (Å²) in [5.41, 5.74) is 0. The quantitative estimate of drug-likeness (QED) is 0.0195. The number of carboxylic acid groups (broad SMARTS) is 1. The first-order valence-electron chi connectivity index (χ1n) is 25.8. The third-order valence-electron chi connectivity index (χ3n) is 11.1. The molecule has 0 saturated carbocycles. The molecule has 0 aliphatic heterocycles. The number of carbonyl (C=O) groups is 3. The molecular formula is C54H97NO8. The second-order valence-corrected chi connectivity index (χ2v) is 18.4. The molecule has 0 spiro atoms. The number of hydrogen-bond acceptors (Lipinski definition) is 8. The Kier molecular flexibility index (Phi) is 43.8.